The molecule has 0 aliphatic rings. The first-order valence-electron chi connectivity index (χ1n) is 10.6. The van der Waals surface area contributed by atoms with Crippen LogP contribution in [-0.2, 0) is 10.1 Å². The molecule has 3 rings (SSSR count). The average molecular weight is 469 g/mol. The highest BCUT2D eigenvalue weighted by molar-refractivity contribution is 7.86. The molecule has 0 aromatic heterocycles. The SMILES string of the molecule is CC(C)=CCOc1ccc(-c2c(C)cc(-c3ccc(OS(C)(=O)=O)cc3)c(C)c2C)cc1F. The van der Waals surface area contributed by atoms with E-state index in [1.165, 1.54) is 6.07 Å². The molecule has 0 unspecified atom stereocenters. The molecule has 0 atom stereocenters. The Morgan fingerprint density at radius 2 is 1.58 bits per heavy atom. The molecule has 0 saturated heterocycles. The molecule has 0 radical (unpaired) electrons. The van der Waals surface area contributed by atoms with Crippen LogP contribution in [0.4, 0.5) is 4.39 Å². The van der Waals surface area contributed by atoms with Gasteiger partial charge in [0.15, 0.2) is 11.6 Å². The largest absolute Gasteiger partial charge is 0.486 e. The van der Waals surface area contributed by atoms with Crippen LogP contribution < -0.4 is 8.92 Å². The Labute approximate surface area is 195 Å². The van der Waals surface area contributed by atoms with E-state index in [2.05, 4.69) is 6.07 Å². The van der Waals surface area contributed by atoms with E-state index in [4.69, 9.17) is 8.92 Å². The maximum absolute atomic E-state index is 14.7. The molecule has 6 heteroatoms. The molecular formula is C27H29FO4S. The first-order chi connectivity index (χ1) is 15.5. The quantitative estimate of drug-likeness (QED) is 0.284. The third kappa shape index (κ3) is 6.02. The molecule has 174 valence electrons. The van der Waals surface area contributed by atoms with Crippen molar-refractivity contribution in [3.8, 4) is 33.8 Å². The Kier molecular flexibility index (Phi) is 7.28. The molecule has 0 heterocycles. The topological polar surface area (TPSA) is 52.6 Å². The second-order valence-electron chi connectivity index (χ2n) is 8.42. The number of halogens is 1. The van der Waals surface area contributed by atoms with Crippen LogP contribution in [0.3, 0.4) is 0 Å². The number of hydrogen-bond acceptors (Lipinski definition) is 4. The van der Waals surface area contributed by atoms with Gasteiger partial charge in [0, 0.05) is 0 Å². The fourth-order valence-electron chi connectivity index (χ4n) is 3.76. The van der Waals surface area contributed by atoms with E-state index in [-0.39, 0.29) is 11.5 Å². The summed E-state index contributed by atoms with van der Waals surface area (Å²) in [6, 6.07) is 14.1. The van der Waals surface area contributed by atoms with Crippen LogP contribution in [0.1, 0.15) is 30.5 Å². The Hall–Kier alpha value is -3.12. The van der Waals surface area contributed by atoms with Crippen molar-refractivity contribution in [3.63, 3.8) is 0 Å². The van der Waals surface area contributed by atoms with Gasteiger partial charge in [0.05, 0.1) is 6.26 Å². The zero-order valence-corrected chi connectivity index (χ0v) is 20.6. The summed E-state index contributed by atoms with van der Waals surface area (Å²) >= 11 is 0. The Morgan fingerprint density at radius 3 is 2.15 bits per heavy atom. The van der Waals surface area contributed by atoms with Gasteiger partial charge >= 0.3 is 10.1 Å². The molecule has 0 saturated carbocycles. The number of hydrogen-bond donors (Lipinski definition) is 0. The van der Waals surface area contributed by atoms with Crippen LogP contribution in [0.25, 0.3) is 22.3 Å². The predicted molar refractivity (Wildman–Crippen MR) is 132 cm³/mol. The Balaban J connectivity index is 1.94. The molecule has 0 aliphatic heterocycles. The van der Waals surface area contributed by atoms with E-state index in [1.54, 1.807) is 18.2 Å². The average Bonchev–Trinajstić information content (AvgIpc) is 2.71. The van der Waals surface area contributed by atoms with Crippen LogP contribution in [-0.4, -0.2) is 21.3 Å². The van der Waals surface area contributed by atoms with Gasteiger partial charge in [-0.25, -0.2) is 4.39 Å². The van der Waals surface area contributed by atoms with Gasteiger partial charge in [-0.15, -0.1) is 0 Å². The minimum absolute atomic E-state index is 0.233. The lowest BCUT2D eigenvalue weighted by Gasteiger charge is -2.18. The molecule has 0 aliphatic carbocycles. The van der Waals surface area contributed by atoms with Crippen molar-refractivity contribution in [2.45, 2.75) is 34.6 Å². The summed E-state index contributed by atoms with van der Waals surface area (Å²) in [7, 11) is -3.57. The summed E-state index contributed by atoms with van der Waals surface area (Å²) in [6.45, 7) is 10.3. The van der Waals surface area contributed by atoms with Crippen molar-refractivity contribution in [3.05, 3.63) is 82.7 Å². The lowest BCUT2D eigenvalue weighted by Crippen LogP contribution is -2.05. The number of rotatable bonds is 7. The standard InChI is InChI=1S/C27H29FO4S/c1-17(2)13-14-31-26-12-9-22(16-25(26)28)27-18(3)15-24(19(4)20(27)5)21-7-10-23(11-8-21)32-33(6,29)30/h7-13,15-16H,14H2,1-6H3. The first-order valence-corrected chi connectivity index (χ1v) is 12.4. The number of allylic oxidation sites excluding steroid dienone is 1. The van der Waals surface area contributed by atoms with Crippen molar-refractivity contribution in [2.24, 2.45) is 0 Å². The lowest BCUT2D eigenvalue weighted by atomic mass is 9.87. The van der Waals surface area contributed by atoms with Crippen molar-refractivity contribution in [2.75, 3.05) is 12.9 Å². The summed E-state index contributed by atoms with van der Waals surface area (Å²) in [4.78, 5) is 0. The van der Waals surface area contributed by atoms with Gasteiger partial charge in [-0.2, -0.15) is 8.42 Å². The zero-order valence-electron chi connectivity index (χ0n) is 19.8. The van der Waals surface area contributed by atoms with Gasteiger partial charge in [-0.05, 0) is 104 Å². The Morgan fingerprint density at radius 1 is 0.939 bits per heavy atom. The van der Waals surface area contributed by atoms with Gasteiger partial charge in [0.2, 0.25) is 0 Å². The van der Waals surface area contributed by atoms with E-state index < -0.39 is 15.9 Å². The summed E-state index contributed by atoms with van der Waals surface area (Å²) in [6.07, 6.45) is 2.92. The van der Waals surface area contributed by atoms with E-state index in [0.717, 1.165) is 50.8 Å². The fraction of sp³-hybridized carbons (Fsp3) is 0.259. The minimum Gasteiger partial charge on any atom is -0.486 e. The van der Waals surface area contributed by atoms with Gasteiger partial charge in [-0.1, -0.05) is 29.8 Å². The smallest absolute Gasteiger partial charge is 0.306 e. The van der Waals surface area contributed by atoms with Crippen LogP contribution in [0.5, 0.6) is 11.5 Å². The van der Waals surface area contributed by atoms with Gasteiger partial charge in [0.25, 0.3) is 0 Å². The second kappa shape index (κ2) is 9.79. The molecule has 0 bridgehead atoms. The predicted octanol–water partition coefficient (Wildman–Crippen LogP) is 6.77. The van der Waals surface area contributed by atoms with E-state index in [9.17, 15) is 12.8 Å². The highest BCUT2D eigenvalue weighted by atomic mass is 32.2. The van der Waals surface area contributed by atoms with Gasteiger partial charge in [0.1, 0.15) is 12.4 Å². The summed E-state index contributed by atoms with van der Waals surface area (Å²) in [5, 5.41) is 0. The highest BCUT2D eigenvalue weighted by Crippen LogP contribution is 2.37. The zero-order chi connectivity index (χ0) is 24.3. The fourth-order valence-corrected chi connectivity index (χ4v) is 4.22. The molecule has 0 spiro atoms. The van der Waals surface area contributed by atoms with E-state index in [1.807, 2.05) is 58.9 Å². The molecular weight excluding hydrogens is 439 g/mol. The molecule has 4 nitrogen and oxygen atoms in total. The van der Waals surface area contributed by atoms with Crippen LogP contribution in [0, 0.1) is 26.6 Å². The summed E-state index contributed by atoms with van der Waals surface area (Å²) < 4.78 is 47.9. The van der Waals surface area contributed by atoms with Crippen molar-refractivity contribution in [1.82, 2.24) is 0 Å². The van der Waals surface area contributed by atoms with Crippen LogP contribution in [0.15, 0.2) is 60.2 Å². The molecule has 33 heavy (non-hydrogen) atoms. The summed E-state index contributed by atoms with van der Waals surface area (Å²) in [5.41, 5.74) is 8.01. The van der Waals surface area contributed by atoms with Crippen LogP contribution >= 0.6 is 0 Å². The number of aryl methyl sites for hydroxylation is 1. The minimum atomic E-state index is -3.57. The number of benzene rings is 3. The molecule has 0 amide bonds. The van der Waals surface area contributed by atoms with Crippen molar-refractivity contribution >= 4 is 10.1 Å². The third-order valence-electron chi connectivity index (χ3n) is 5.46. The molecule has 0 fully saturated rings. The second-order valence-corrected chi connectivity index (χ2v) is 9.99. The molecule has 0 N–H and O–H groups in total. The van der Waals surface area contributed by atoms with Crippen molar-refractivity contribution in [1.29, 1.82) is 0 Å². The van der Waals surface area contributed by atoms with Crippen LogP contribution in [0.2, 0.25) is 0 Å². The van der Waals surface area contributed by atoms with E-state index in [0.29, 0.717) is 6.61 Å². The maximum Gasteiger partial charge on any atom is 0.306 e. The first kappa shape index (κ1) is 24.5. The maximum atomic E-state index is 14.7. The normalized spacial score (nSPS) is 11.2. The van der Waals surface area contributed by atoms with Crippen molar-refractivity contribution < 1.29 is 21.7 Å². The van der Waals surface area contributed by atoms with E-state index >= 15 is 0 Å². The number of ether oxygens (including phenoxy) is 1. The summed E-state index contributed by atoms with van der Waals surface area (Å²) in [5.74, 6) is 0.110. The molecule has 3 aromatic rings. The monoisotopic (exact) mass is 468 g/mol. The lowest BCUT2D eigenvalue weighted by molar-refractivity contribution is 0.341. The van der Waals surface area contributed by atoms with Gasteiger partial charge < -0.3 is 8.92 Å². The highest BCUT2D eigenvalue weighted by Gasteiger charge is 2.15. The molecule has 3 aromatic carbocycles. The Bertz CT molecular complexity index is 1300. The third-order valence-corrected chi connectivity index (χ3v) is 5.96. The van der Waals surface area contributed by atoms with Gasteiger partial charge in [-0.3, -0.25) is 0 Å².